The molecule has 1 amide bonds. The second-order valence-corrected chi connectivity index (χ2v) is 4.80. The first-order valence-electron chi connectivity index (χ1n) is 7.24. The van der Waals surface area contributed by atoms with Gasteiger partial charge < -0.3 is 10.1 Å². The Hall–Kier alpha value is -1.39. The van der Waals surface area contributed by atoms with Gasteiger partial charge in [-0.2, -0.15) is 0 Å². The Balaban J connectivity index is 2.62. The van der Waals surface area contributed by atoms with Crippen LogP contribution in [0, 0.1) is 0 Å². The van der Waals surface area contributed by atoms with Gasteiger partial charge in [-0.15, -0.1) is 0 Å². The quantitative estimate of drug-likeness (QED) is 0.747. The molecule has 0 spiro atoms. The van der Waals surface area contributed by atoms with E-state index in [1.165, 1.54) is 12.7 Å². The molecule has 1 N–H and O–H groups in total. The summed E-state index contributed by atoms with van der Waals surface area (Å²) in [6.07, 6.45) is 0.940. The summed E-state index contributed by atoms with van der Waals surface area (Å²) in [5.74, 6) is -0.0577. The number of ether oxygens (including phenoxy) is 1. The lowest BCUT2D eigenvalue weighted by molar-refractivity contribution is -0.125. The van der Waals surface area contributed by atoms with Gasteiger partial charge in [0.1, 0.15) is 6.61 Å². The number of nitrogens with one attached hydrogen (secondary N) is 1. The lowest BCUT2D eigenvalue weighted by atomic mass is 10.0. The van der Waals surface area contributed by atoms with Gasteiger partial charge >= 0.3 is 0 Å². The molecule has 0 aliphatic carbocycles. The van der Waals surface area contributed by atoms with Crippen molar-refractivity contribution >= 4 is 5.91 Å². The molecule has 4 heteroatoms. The number of methoxy groups -OCH3 is 1. The molecule has 1 rings (SSSR count). The van der Waals surface area contributed by atoms with Crippen LogP contribution in [0.4, 0.5) is 0 Å². The van der Waals surface area contributed by atoms with Crippen molar-refractivity contribution in [1.82, 2.24) is 10.2 Å². The third-order valence-electron chi connectivity index (χ3n) is 3.45. The highest BCUT2D eigenvalue weighted by atomic mass is 16.5. The van der Waals surface area contributed by atoms with Gasteiger partial charge in [0.2, 0.25) is 5.91 Å². The van der Waals surface area contributed by atoms with Crippen molar-refractivity contribution in [2.75, 3.05) is 33.4 Å². The van der Waals surface area contributed by atoms with Crippen LogP contribution >= 0.6 is 0 Å². The summed E-state index contributed by atoms with van der Waals surface area (Å²) in [7, 11) is 1.53. The number of hydrogen-bond donors (Lipinski definition) is 1. The summed E-state index contributed by atoms with van der Waals surface area (Å²) in [5.41, 5.74) is 1.30. The molecule has 0 saturated carbocycles. The molecule has 0 saturated heterocycles. The average molecular weight is 278 g/mol. The van der Waals surface area contributed by atoms with Crippen molar-refractivity contribution in [1.29, 1.82) is 0 Å². The van der Waals surface area contributed by atoms with E-state index in [2.05, 4.69) is 48.3 Å². The van der Waals surface area contributed by atoms with E-state index in [1.807, 2.05) is 6.07 Å². The third kappa shape index (κ3) is 5.72. The highest BCUT2D eigenvalue weighted by Crippen LogP contribution is 2.08. The topological polar surface area (TPSA) is 41.6 Å². The molecule has 20 heavy (non-hydrogen) atoms. The van der Waals surface area contributed by atoms with Crippen molar-refractivity contribution in [3.63, 3.8) is 0 Å². The van der Waals surface area contributed by atoms with Gasteiger partial charge in [-0.1, -0.05) is 44.2 Å². The molecule has 0 aromatic heterocycles. The minimum absolute atomic E-state index is 0.0577. The van der Waals surface area contributed by atoms with E-state index in [0.717, 1.165) is 19.5 Å². The summed E-state index contributed by atoms with van der Waals surface area (Å²) in [6, 6.07) is 10.7. The number of likely N-dealkylation sites (N-methyl/N-ethyl adjacent to an activating group) is 1. The Morgan fingerprint density at radius 2 is 1.90 bits per heavy atom. The number of carbonyl (C=O) groups excluding carboxylic acids is 1. The summed E-state index contributed by atoms with van der Waals surface area (Å²) >= 11 is 0. The molecule has 0 fully saturated rings. The molecule has 4 nitrogen and oxygen atoms in total. The summed E-state index contributed by atoms with van der Waals surface area (Å²) < 4.78 is 4.84. The van der Waals surface area contributed by atoms with E-state index in [1.54, 1.807) is 0 Å². The molecule has 112 valence electrons. The highest BCUT2D eigenvalue weighted by molar-refractivity contribution is 5.77. The predicted molar refractivity (Wildman–Crippen MR) is 81.7 cm³/mol. The minimum atomic E-state index is -0.0577. The van der Waals surface area contributed by atoms with Crippen LogP contribution < -0.4 is 5.32 Å². The molecule has 1 atom stereocenters. The Morgan fingerprint density at radius 3 is 2.45 bits per heavy atom. The number of amides is 1. The SMILES string of the molecule is CCN(CC)C(CNC(=O)COC)Cc1ccccc1. The third-order valence-corrected chi connectivity index (χ3v) is 3.45. The van der Waals surface area contributed by atoms with E-state index in [9.17, 15) is 4.79 Å². The first-order valence-corrected chi connectivity index (χ1v) is 7.24. The van der Waals surface area contributed by atoms with Crippen molar-refractivity contribution in [3.8, 4) is 0 Å². The predicted octanol–water partition coefficient (Wildman–Crippen LogP) is 1.70. The van der Waals surface area contributed by atoms with Gasteiger partial charge in [0.05, 0.1) is 0 Å². The normalized spacial score (nSPS) is 12.4. The molecular weight excluding hydrogens is 252 g/mol. The fourth-order valence-electron chi connectivity index (χ4n) is 2.37. The largest absolute Gasteiger partial charge is 0.375 e. The molecule has 0 radical (unpaired) electrons. The minimum Gasteiger partial charge on any atom is -0.375 e. The first kappa shape index (κ1) is 16.7. The monoisotopic (exact) mass is 278 g/mol. The van der Waals surface area contributed by atoms with Crippen LogP contribution in [0.15, 0.2) is 30.3 Å². The molecule has 1 aromatic carbocycles. The van der Waals surface area contributed by atoms with E-state index in [4.69, 9.17) is 4.74 Å². The molecule has 0 bridgehead atoms. The van der Waals surface area contributed by atoms with Gasteiger partial charge in [0.25, 0.3) is 0 Å². The van der Waals surface area contributed by atoms with Gasteiger partial charge in [0.15, 0.2) is 0 Å². The van der Waals surface area contributed by atoms with Crippen LogP contribution in [-0.2, 0) is 16.0 Å². The summed E-state index contributed by atoms with van der Waals surface area (Å²) in [5, 5.41) is 2.95. The van der Waals surface area contributed by atoms with Crippen LogP contribution in [0.2, 0.25) is 0 Å². The number of benzene rings is 1. The van der Waals surface area contributed by atoms with Crippen molar-refractivity contribution < 1.29 is 9.53 Å². The number of nitrogens with zero attached hydrogens (tertiary/aromatic N) is 1. The molecule has 0 heterocycles. The van der Waals surface area contributed by atoms with Crippen LogP contribution in [-0.4, -0.2) is 50.2 Å². The van der Waals surface area contributed by atoms with Crippen molar-refractivity contribution in [2.24, 2.45) is 0 Å². The summed E-state index contributed by atoms with van der Waals surface area (Å²) in [6.45, 7) is 7.04. The average Bonchev–Trinajstić information content (AvgIpc) is 2.47. The van der Waals surface area contributed by atoms with E-state index in [-0.39, 0.29) is 12.5 Å². The Kier molecular flexibility index (Phi) is 7.92. The maximum atomic E-state index is 11.5. The van der Waals surface area contributed by atoms with Gasteiger partial charge in [-0.3, -0.25) is 9.69 Å². The van der Waals surface area contributed by atoms with E-state index in [0.29, 0.717) is 12.6 Å². The van der Waals surface area contributed by atoms with Crippen molar-refractivity contribution in [3.05, 3.63) is 35.9 Å². The smallest absolute Gasteiger partial charge is 0.246 e. The second-order valence-electron chi connectivity index (χ2n) is 4.80. The van der Waals surface area contributed by atoms with Crippen molar-refractivity contribution in [2.45, 2.75) is 26.3 Å². The molecular formula is C16H26N2O2. The lowest BCUT2D eigenvalue weighted by Crippen LogP contribution is -2.45. The zero-order valence-electron chi connectivity index (χ0n) is 12.8. The van der Waals surface area contributed by atoms with E-state index >= 15 is 0 Å². The maximum absolute atomic E-state index is 11.5. The summed E-state index contributed by atoms with van der Waals surface area (Å²) in [4.78, 5) is 13.9. The maximum Gasteiger partial charge on any atom is 0.246 e. The molecule has 1 unspecified atom stereocenters. The first-order chi connectivity index (χ1) is 9.71. The highest BCUT2D eigenvalue weighted by Gasteiger charge is 2.17. The standard InChI is InChI=1S/C16H26N2O2/c1-4-18(5-2)15(12-17-16(19)13-20-3)11-14-9-7-6-8-10-14/h6-10,15H,4-5,11-13H2,1-3H3,(H,17,19). The zero-order chi connectivity index (χ0) is 14.8. The number of hydrogen-bond acceptors (Lipinski definition) is 3. The van der Waals surface area contributed by atoms with Gasteiger partial charge in [-0.05, 0) is 25.1 Å². The van der Waals surface area contributed by atoms with Crippen LogP contribution in [0.25, 0.3) is 0 Å². The van der Waals surface area contributed by atoms with Gasteiger partial charge in [0, 0.05) is 19.7 Å². The fraction of sp³-hybridized carbons (Fsp3) is 0.562. The zero-order valence-corrected chi connectivity index (χ0v) is 12.8. The van der Waals surface area contributed by atoms with Gasteiger partial charge in [-0.25, -0.2) is 0 Å². The fourth-order valence-corrected chi connectivity index (χ4v) is 2.37. The molecule has 1 aromatic rings. The molecule has 0 aliphatic rings. The van der Waals surface area contributed by atoms with Crippen LogP contribution in [0.1, 0.15) is 19.4 Å². The second kappa shape index (κ2) is 9.50. The number of rotatable bonds is 9. The Bertz CT molecular complexity index is 377. The molecule has 0 aliphatic heterocycles. The lowest BCUT2D eigenvalue weighted by Gasteiger charge is -2.30. The Labute approximate surface area is 122 Å². The number of carbonyl (C=O) groups is 1. The van der Waals surface area contributed by atoms with Crippen LogP contribution in [0.3, 0.4) is 0 Å². The Morgan fingerprint density at radius 1 is 1.25 bits per heavy atom. The van der Waals surface area contributed by atoms with E-state index < -0.39 is 0 Å². The van der Waals surface area contributed by atoms with Crippen LogP contribution in [0.5, 0.6) is 0 Å².